The van der Waals surface area contributed by atoms with Gasteiger partial charge < -0.3 is 19.9 Å². The third-order valence-electron chi connectivity index (χ3n) is 8.85. The average molecular weight is 507 g/mol. The van der Waals surface area contributed by atoms with E-state index in [0.717, 1.165) is 32.2 Å². The van der Waals surface area contributed by atoms with E-state index >= 15 is 0 Å². The Morgan fingerprint density at radius 2 is 1.86 bits per heavy atom. The van der Waals surface area contributed by atoms with Crippen LogP contribution in [0.15, 0.2) is 42.7 Å². The molecule has 3 amide bonds. The van der Waals surface area contributed by atoms with Crippen LogP contribution in [0.3, 0.4) is 0 Å². The van der Waals surface area contributed by atoms with Crippen LogP contribution in [0.5, 0.6) is 5.88 Å². The molecule has 198 valence electrons. The van der Waals surface area contributed by atoms with Crippen LogP contribution >= 0.6 is 0 Å². The van der Waals surface area contributed by atoms with Crippen LogP contribution in [-0.4, -0.2) is 83.0 Å². The first kappa shape index (κ1) is 25.4. The van der Waals surface area contributed by atoms with Crippen LogP contribution in [0.25, 0.3) is 0 Å². The minimum absolute atomic E-state index is 0.00553. The summed E-state index contributed by atoms with van der Waals surface area (Å²) in [4.78, 5) is 40.9. The molecule has 1 aromatic carbocycles. The van der Waals surface area contributed by atoms with E-state index in [1.807, 2.05) is 0 Å². The van der Waals surface area contributed by atoms with Crippen molar-refractivity contribution in [3.63, 3.8) is 0 Å². The van der Waals surface area contributed by atoms with Crippen molar-refractivity contribution in [2.24, 2.45) is 5.92 Å². The molecule has 1 spiro atoms. The van der Waals surface area contributed by atoms with Gasteiger partial charge in [-0.2, -0.15) is 0 Å². The lowest BCUT2D eigenvalue weighted by Gasteiger charge is -2.51. The lowest BCUT2D eigenvalue weighted by molar-refractivity contribution is -0.116. The predicted molar refractivity (Wildman–Crippen MR) is 141 cm³/mol. The summed E-state index contributed by atoms with van der Waals surface area (Å²) in [5, 5.41) is 2.79. The van der Waals surface area contributed by atoms with Gasteiger partial charge in [-0.15, -0.1) is 0 Å². The molecular formula is C28H38N6O3. The smallest absolute Gasteiger partial charge is 0.321 e. The zero-order chi connectivity index (χ0) is 26.0. The molecule has 9 heteroatoms. The van der Waals surface area contributed by atoms with Gasteiger partial charge in [0.25, 0.3) is 0 Å². The standard InChI is InChI=1S/C28H38N6O3/c1-32(2)28(22-10-5-4-6-11-22)14-12-27(13-15-28)19-33(26(36)34(27)17-21-8-7-9-21)18-24(35)31-23-16-25(37-3)30-20-29-23/h4-6,10-11,16,20-21H,7-9,12-15,17-19H2,1-3H3,(H,29,30,31,35)/t27-,28-. The molecule has 1 aliphatic heterocycles. The fourth-order valence-corrected chi connectivity index (χ4v) is 6.39. The van der Waals surface area contributed by atoms with E-state index in [1.165, 1.54) is 38.3 Å². The molecule has 0 radical (unpaired) electrons. The summed E-state index contributed by atoms with van der Waals surface area (Å²) in [6.45, 7) is 1.38. The van der Waals surface area contributed by atoms with Gasteiger partial charge in [0.05, 0.1) is 12.6 Å². The molecule has 1 saturated heterocycles. The number of carbonyl (C=O) groups excluding carboxylic acids is 2. The highest BCUT2D eigenvalue weighted by Gasteiger charge is 2.55. The van der Waals surface area contributed by atoms with E-state index in [-0.39, 0.29) is 29.6 Å². The highest BCUT2D eigenvalue weighted by Crippen LogP contribution is 2.49. The van der Waals surface area contributed by atoms with Crippen molar-refractivity contribution >= 4 is 17.8 Å². The van der Waals surface area contributed by atoms with Gasteiger partial charge in [-0.05, 0) is 64.1 Å². The van der Waals surface area contributed by atoms with Gasteiger partial charge in [-0.1, -0.05) is 36.8 Å². The predicted octanol–water partition coefficient (Wildman–Crippen LogP) is 3.73. The molecule has 2 aromatic rings. The number of urea groups is 1. The average Bonchev–Trinajstić information content (AvgIpc) is 3.12. The summed E-state index contributed by atoms with van der Waals surface area (Å²) >= 11 is 0. The number of aromatic nitrogens is 2. The Hall–Kier alpha value is -3.20. The SMILES string of the molecule is COc1cc(NC(=O)CN2C[C@]3(CC[C@@](c4ccccc4)(N(C)C)CC3)N(CC3CCC3)C2=O)ncn1. The van der Waals surface area contributed by atoms with E-state index in [0.29, 0.717) is 24.2 Å². The maximum atomic E-state index is 13.7. The lowest BCUT2D eigenvalue weighted by Crippen LogP contribution is -2.56. The van der Waals surface area contributed by atoms with Crippen molar-refractivity contribution in [1.29, 1.82) is 0 Å². The van der Waals surface area contributed by atoms with Crippen molar-refractivity contribution in [1.82, 2.24) is 24.7 Å². The van der Waals surface area contributed by atoms with Gasteiger partial charge in [0.1, 0.15) is 18.7 Å². The third-order valence-corrected chi connectivity index (χ3v) is 8.85. The summed E-state index contributed by atoms with van der Waals surface area (Å²) in [5.41, 5.74) is 1.05. The van der Waals surface area contributed by atoms with Gasteiger partial charge in [0, 0.05) is 24.7 Å². The van der Waals surface area contributed by atoms with Crippen molar-refractivity contribution in [2.75, 3.05) is 46.2 Å². The first-order valence-electron chi connectivity index (χ1n) is 13.3. The zero-order valence-electron chi connectivity index (χ0n) is 22.2. The fourth-order valence-electron chi connectivity index (χ4n) is 6.39. The second-order valence-electron chi connectivity index (χ2n) is 11.1. The molecule has 9 nitrogen and oxygen atoms in total. The summed E-state index contributed by atoms with van der Waals surface area (Å²) in [6.07, 6.45) is 8.73. The minimum Gasteiger partial charge on any atom is -0.481 e. The Kier molecular flexibility index (Phi) is 7.07. The van der Waals surface area contributed by atoms with Gasteiger partial charge in [0.15, 0.2) is 0 Å². The maximum absolute atomic E-state index is 13.7. The van der Waals surface area contributed by atoms with Gasteiger partial charge in [0.2, 0.25) is 11.8 Å². The Morgan fingerprint density at radius 3 is 2.49 bits per heavy atom. The molecular weight excluding hydrogens is 468 g/mol. The van der Waals surface area contributed by atoms with Crippen LogP contribution in [0.1, 0.15) is 50.5 Å². The second kappa shape index (κ2) is 10.3. The van der Waals surface area contributed by atoms with Gasteiger partial charge in [-0.25, -0.2) is 14.8 Å². The maximum Gasteiger partial charge on any atom is 0.321 e. The van der Waals surface area contributed by atoms with Crippen LogP contribution in [0, 0.1) is 5.92 Å². The molecule has 2 aliphatic carbocycles. The van der Waals surface area contributed by atoms with E-state index in [4.69, 9.17) is 4.74 Å². The normalized spacial score (nSPS) is 26.0. The Bertz CT molecular complexity index is 1110. The van der Waals surface area contributed by atoms with E-state index in [9.17, 15) is 9.59 Å². The number of nitrogens with zero attached hydrogens (tertiary/aromatic N) is 5. The molecule has 2 heterocycles. The van der Waals surface area contributed by atoms with Crippen molar-refractivity contribution < 1.29 is 14.3 Å². The lowest BCUT2D eigenvalue weighted by atomic mass is 9.68. The zero-order valence-corrected chi connectivity index (χ0v) is 22.2. The van der Waals surface area contributed by atoms with Crippen LogP contribution in [0.4, 0.5) is 10.6 Å². The third kappa shape index (κ3) is 4.89. The summed E-state index contributed by atoms with van der Waals surface area (Å²) in [7, 11) is 5.84. The van der Waals surface area contributed by atoms with Crippen molar-refractivity contribution in [3.8, 4) is 5.88 Å². The molecule has 5 rings (SSSR count). The Labute approximate surface area is 219 Å². The van der Waals surface area contributed by atoms with Crippen LogP contribution < -0.4 is 10.1 Å². The number of anilines is 1. The van der Waals surface area contributed by atoms with Crippen molar-refractivity contribution in [2.45, 2.75) is 56.0 Å². The number of ether oxygens (including phenoxy) is 1. The van der Waals surface area contributed by atoms with Crippen molar-refractivity contribution in [3.05, 3.63) is 48.3 Å². The molecule has 0 atom stereocenters. The largest absolute Gasteiger partial charge is 0.481 e. The number of methoxy groups -OCH3 is 1. The summed E-state index contributed by atoms with van der Waals surface area (Å²) in [6, 6.07) is 12.3. The number of rotatable bonds is 8. The minimum atomic E-state index is -0.266. The van der Waals surface area contributed by atoms with Crippen LogP contribution in [0.2, 0.25) is 0 Å². The number of benzene rings is 1. The number of nitrogens with one attached hydrogen (secondary N) is 1. The first-order chi connectivity index (χ1) is 17.8. The number of hydrogen-bond acceptors (Lipinski definition) is 6. The van der Waals surface area contributed by atoms with E-state index < -0.39 is 0 Å². The Morgan fingerprint density at radius 1 is 1.14 bits per heavy atom. The van der Waals surface area contributed by atoms with Crippen LogP contribution in [-0.2, 0) is 10.3 Å². The molecule has 0 unspecified atom stereocenters. The Balaban J connectivity index is 1.33. The van der Waals surface area contributed by atoms with Gasteiger partial charge in [-0.3, -0.25) is 9.69 Å². The molecule has 0 bridgehead atoms. The summed E-state index contributed by atoms with van der Waals surface area (Å²) < 4.78 is 5.12. The van der Waals surface area contributed by atoms with E-state index in [2.05, 4.69) is 69.5 Å². The molecule has 2 saturated carbocycles. The monoisotopic (exact) mass is 506 g/mol. The van der Waals surface area contributed by atoms with Gasteiger partial charge >= 0.3 is 6.03 Å². The van der Waals surface area contributed by atoms with E-state index in [1.54, 1.807) is 11.0 Å². The summed E-state index contributed by atoms with van der Waals surface area (Å²) in [5.74, 6) is 1.04. The molecule has 37 heavy (non-hydrogen) atoms. The molecule has 1 aromatic heterocycles. The number of carbonyl (C=O) groups is 2. The fraction of sp³-hybridized carbons (Fsp3) is 0.571. The first-order valence-corrected chi connectivity index (χ1v) is 13.3. The molecule has 3 fully saturated rings. The highest BCUT2D eigenvalue weighted by molar-refractivity contribution is 5.94. The molecule has 1 N–H and O–H groups in total. The quantitative estimate of drug-likeness (QED) is 0.587. The number of amides is 3. The topological polar surface area (TPSA) is 90.9 Å². The molecule has 3 aliphatic rings. The number of hydrogen-bond donors (Lipinski definition) is 1. The highest BCUT2D eigenvalue weighted by atomic mass is 16.5. The second-order valence-corrected chi connectivity index (χ2v) is 11.1.